The first-order valence-electron chi connectivity index (χ1n) is 11.1. The molecular formula is C27H24Cl2N4O4. The zero-order valence-electron chi connectivity index (χ0n) is 20.4. The quantitative estimate of drug-likeness (QED) is 0.236. The SMILES string of the molecule is CC(C)(C)OC(=O)Cc1ccc(-c2ccccn2)nc1Cl.O=C(O)c1ccc(-c2ccccn2)nc1Cl. The molecule has 0 spiro atoms. The van der Waals surface area contributed by atoms with Crippen LogP contribution in [0, 0.1) is 0 Å². The summed E-state index contributed by atoms with van der Waals surface area (Å²) in [4.78, 5) is 39.1. The van der Waals surface area contributed by atoms with Crippen LogP contribution in [0.2, 0.25) is 10.3 Å². The molecule has 4 aromatic heterocycles. The van der Waals surface area contributed by atoms with Crippen molar-refractivity contribution in [3.63, 3.8) is 0 Å². The Morgan fingerprint density at radius 3 is 1.76 bits per heavy atom. The van der Waals surface area contributed by atoms with Gasteiger partial charge < -0.3 is 9.84 Å². The summed E-state index contributed by atoms with van der Waals surface area (Å²) in [6.45, 7) is 5.48. The van der Waals surface area contributed by atoms with Gasteiger partial charge in [0.1, 0.15) is 15.9 Å². The monoisotopic (exact) mass is 538 g/mol. The maximum atomic E-state index is 11.8. The van der Waals surface area contributed by atoms with E-state index in [0.29, 0.717) is 27.8 Å². The molecule has 0 saturated heterocycles. The van der Waals surface area contributed by atoms with E-state index in [1.54, 1.807) is 42.7 Å². The van der Waals surface area contributed by atoms with Crippen LogP contribution >= 0.6 is 23.2 Å². The molecule has 0 bridgehead atoms. The van der Waals surface area contributed by atoms with Crippen LogP contribution in [0.15, 0.2) is 73.1 Å². The molecule has 0 saturated carbocycles. The lowest BCUT2D eigenvalue weighted by atomic mass is 10.1. The molecule has 0 atom stereocenters. The fraction of sp³-hybridized carbons (Fsp3) is 0.185. The molecule has 4 heterocycles. The van der Waals surface area contributed by atoms with E-state index in [1.807, 2.05) is 45.0 Å². The van der Waals surface area contributed by atoms with Gasteiger partial charge in [-0.1, -0.05) is 41.4 Å². The van der Waals surface area contributed by atoms with Gasteiger partial charge in [-0.25, -0.2) is 14.8 Å². The number of halogens is 2. The number of aromatic carboxylic acids is 1. The number of hydrogen-bond acceptors (Lipinski definition) is 7. The fourth-order valence-electron chi connectivity index (χ4n) is 3.04. The lowest BCUT2D eigenvalue weighted by molar-refractivity contribution is -0.153. The number of esters is 1. The molecule has 0 radical (unpaired) electrons. The van der Waals surface area contributed by atoms with Gasteiger partial charge in [0.15, 0.2) is 0 Å². The maximum absolute atomic E-state index is 11.8. The van der Waals surface area contributed by atoms with Crippen molar-refractivity contribution in [3.05, 3.63) is 94.5 Å². The zero-order valence-corrected chi connectivity index (χ0v) is 21.9. The first-order chi connectivity index (χ1) is 17.5. The Labute approximate surface area is 224 Å². The molecule has 37 heavy (non-hydrogen) atoms. The molecule has 0 aromatic carbocycles. The van der Waals surface area contributed by atoms with Crippen LogP contribution in [0.1, 0.15) is 36.7 Å². The fourth-order valence-corrected chi connectivity index (χ4v) is 3.49. The van der Waals surface area contributed by atoms with Gasteiger partial charge in [0.05, 0.1) is 34.8 Å². The highest BCUT2D eigenvalue weighted by molar-refractivity contribution is 6.32. The lowest BCUT2D eigenvalue weighted by Gasteiger charge is -2.19. The molecular weight excluding hydrogens is 515 g/mol. The Morgan fingerprint density at radius 2 is 1.32 bits per heavy atom. The second-order valence-corrected chi connectivity index (χ2v) is 9.40. The van der Waals surface area contributed by atoms with Crippen LogP contribution in [0.25, 0.3) is 22.8 Å². The molecule has 4 aromatic rings. The Kier molecular flexibility index (Phi) is 9.27. The van der Waals surface area contributed by atoms with Gasteiger partial charge in [0.25, 0.3) is 0 Å². The van der Waals surface area contributed by atoms with Gasteiger partial charge >= 0.3 is 11.9 Å². The largest absolute Gasteiger partial charge is 0.478 e. The molecule has 0 aliphatic carbocycles. The van der Waals surface area contributed by atoms with Gasteiger partial charge in [-0.05, 0) is 63.2 Å². The number of nitrogens with zero attached hydrogens (tertiary/aromatic N) is 4. The van der Waals surface area contributed by atoms with Crippen LogP contribution in [0.3, 0.4) is 0 Å². The summed E-state index contributed by atoms with van der Waals surface area (Å²) in [5.41, 5.74) is 2.74. The number of carbonyl (C=O) groups is 2. The number of pyridine rings is 4. The van der Waals surface area contributed by atoms with Crippen molar-refractivity contribution in [3.8, 4) is 22.8 Å². The second kappa shape index (κ2) is 12.4. The van der Waals surface area contributed by atoms with Crippen molar-refractivity contribution in [2.24, 2.45) is 0 Å². The highest BCUT2D eigenvalue weighted by Crippen LogP contribution is 2.22. The summed E-state index contributed by atoms with van der Waals surface area (Å²) < 4.78 is 5.27. The standard InChI is InChI=1S/C16H17ClN2O2.C11H7ClN2O2/c1-16(2,3)21-14(20)10-11-7-8-13(19-15(11)17)12-6-4-5-9-18-12;12-10-7(11(15)16)4-5-9(14-10)8-3-1-2-6-13-8/h4-9H,10H2,1-3H3;1-6H,(H,15,16). The van der Waals surface area contributed by atoms with E-state index < -0.39 is 11.6 Å². The van der Waals surface area contributed by atoms with Gasteiger partial charge in [0, 0.05) is 18.0 Å². The van der Waals surface area contributed by atoms with Crippen molar-refractivity contribution in [2.45, 2.75) is 32.8 Å². The molecule has 0 amide bonds. The van der Waals surface area contributed by atoms with Gasteiger partial charge in [-0.2, -0.15) is 0 Å². The zero-order chi connectivity index (χ0) is 27.0. The Bertz CT molecular complexity index is 1380. The van der Waals surface area contributed by atoms with E-state index in [-0.39, 0.29) is 23.1 Å². The maximum Gasteiger partial charge on any atom is 0.338 e. The molecule has 1 N–H and O–H groups in total. The van der Waals surface area contributed by atoms with E-state index >= 15 is 0 Å². The molecule has 0 fully saturated rings. The van der Waals surface area contributed by atoms with Crippen molar-refractivity contribution in [2.75, 3.05) is 0 Å². The number of hydrogen-bond donors (Lipinski definition) is 1. The second-order valence-electron chi connectivity index (χ2n) is 8.68. The summed E-state index contributed by atoms with van der Waals surface area (Å²) >= 11 is 11.9. The number of carboxylic acids is 1. The van der Waals surface area contributed by atoms with E-state index in [4.69, 9.17) is 33.0 Å². The first-order valence-corrected chi connectivity index (χ1v) is 11.9. The molecule has 0 aliphatic heterocycles. The highest BCUT2D eigenvalue weighted by Gasteiger charge is 2.18. The lowest BCUT2D eigenvalue weighted by Crippen LogP contribution is -2.25. The Morgan fingerprint density at radius 1 is 0.784 bits per heavy atom. The molecule has 190 valence electrons. The topological polar surface area (TPSA) is 115 Å². The van der Waals surface area contributed by atoms with Gasteiger partial charge in [-0.3, -0.25) is 14.8 Å². The third kappa shape index (κ3) is 8.34. The number of ether oxygens (including phenoxy) is 1. The van der Waals surface area contributed by atoms with Crippen LogP contribution < -0.4 is 0 Å². The number of carboxylic acid groups (broad SMARTS) is 1. The van der Waals surface area contributed by atoms with Crippen LogP contribution in [-0.4, -0.2) is 42.6 Å². The summed E-state index contributed by atoms with van der Waals surface area (Å²) in [7, 11) is 0. The molecule has 0 aliphatic rings. The minimum Gasteiger partial charge on any atom is -0.478 e. The number of carbonyl (C=O) groups excluding carboxylic acids is 1. The van der Waals surface area contributed by atoms with Crippen LogP contribution in [0.5, 0.6) is 0 Å². The Balaban J connectivity index is 0.000000213. The average Bonchev–Trinajstić information content (AvgIpc) is 2.85. The third-order valence-electron chi connectivity index (χ3n) is 4.61. The van der Waals surface area contributed by atoms with Gasteiger partial charge in [-0.15, -0.1) is 0 Å². The summed E-state index contributed by atoms with van der Waals surface area (Å²) in [5, 5.41) is 9.05. The van der Waals surface area contributed by atoms with E-state index in [1.165, 1.54) is 6.07 Å². The molecule has 4 rings (SSSR count). The minimum atomic E-state index is -1.09. The van der Waals surface area contributed by atoms with Crippen molar-refractivity contribution in [1.82, 2.24) is 19.9 Å². The summed E-state index contributed by atoms with van der Waals surface area (Å²) in [5.74, 6) is -1.41. The molecule has 10 heteroatoms. The minimum absolute atomic E-state index is 0.0126. The number of rotatable bonds is 5. The predicted molar refractivity (Wildman–Crippen MR) is 141 cm³/mol. The first kappa shape index (κ1) is 27.7. The highest BCUT2D eigenvalue weighted by atomic mass is 35.5. The van der Waals surface area contributed by atoms with Gasteiger partial charge in [0.2, 0.25) is 0 Å². The normalized spacial score (nSPS) is 10.7. The van der Waals surface area contributed by atoms with Crippen molar-refractivity contribution >= 4 is 35.1 Å². The van der Waals surface area contributed by atoms with E-state index in [0.717, 1.165) is 5.69 Å². The Hall–Kier alpha value is -3.88. The van der Waals surface area contributed by atoms with Crippen LogP contribution in [0.4, 0.5) is 0 Å². The van der Waals surface area contributed by atoms with Crippen molar-refractivity contribution < 1.29 is 19.4 Å². The van der Waals surface area contributed by atoms with E-state index in [2.05, 4.69) is 19.9 Å². The summed E-state index contributed by atoms with van der Waals surface area (Å²) in [6.07, 6.45) is 3.43. The van der Waals surface area contributed by atoms with Crippen LogP contribution in [-0.2, 0) is 16.0 Å². The molecule has 0 unspecified atom stereocenters. The summed E-state index contributed by atoms with van der Waals surface area (Å²) in [6, 6.07) is 17.5. The van der Waals surface area contributed by atoms with E-state index in [9.17, 15) is 9.59 Å². The smallest absolute Gasteiger partial charge is 0.338 e. The van der Waals surface area contributed by atoms with Crippen molar-refractivity contribution in [1.29, 1.82) is 0 Å². The molecule has 8 nitrogen and oxygen atoms in total. The predicted octanol–water partition coefficient (Wildman–Crippen LogP) is 6.18. The third-order valence-corrected chi connectivity index (χ3v) is 5.23. The average molecular weight is 539 g/mol. The number of aromatic nitrogens is 4.